The number of phenolic OH excluding ortho intramolecular Hbond substituents is 1. The minimum absolute atomic E-state index is 0.0268. The van der Waals surface area contributed by atoms with Crippen molar-refractivity contribution in [2.75, 3.05) is 7.11 Å². The number of hydrogen-bond donors (Lipinski definition) is 1. The number of hydrogen-bond acceptors (Lipinski definition) is 5. The maximum Gasteiger partial charge on any atom is 0.232 e. The lowest BCUT2D eigenvalue weighted by Crippen LogP contribution is -2.05. The van der Waals surface area contributed by atoms with E-state index >= 15 is 0 Å². The first-order valence-corrected chi connectivity index (χ1v) is 9.79. The summed E-state index contributed by atoms with van der Waals surface area (Å²) >= 11 is 0. The fraction of sp³-hybridized carbons (Fsp3) is 0.0769. The third-order valence-electron chi connectivity index (χ3n) is 5.53. The number of methoxy groups -OCH3 is 1. The average molecular weight is 410 g/mol. The van der Waals surface area contributed by atoms with Crippen LogP contribution in [-0.2, 0) is 0 Å². The Balaban J connectivity index is 1.77. The van der Waals surface area contributed by atoms with Crippen LogP contribution in [0.3, 0.4) is 0 Å². The highest BCUT2D eigenvalue weighted by Crippen LogP contribution is 2.46. The summed E-state index contributed by atoms with van der Waals surface area (Å²) in [7, 11) is 1.57. The lowest BCUT2D eigenvalue weighted by Gasteiger charge is -2.08. The molecule has 0 atom stereocenters. The van der Waals surface area contributed by atoms with Crippen molar-refractivity contribution in [1.29, 1.82) is 0 Å². The SMILES string of the molecule is COc1ccc(-c2c(C(=O)c3cc(C)ccc3O)oc3c2C(=O)c2ccccc2-3)cc1. The largest absolute Gasteiger partial charge is 0.507 e. The molecule has 1 N–H and O–H groups in total. The molecule has 0 amide bonds. The molecule has 1 heterocycles. The molecule has 0 unspecified atom stereocenters. The lowest BCUT2D eigenvalue weighted by molar-refractivity contribution is 0.101. The molecular formula is C26H18O5. The summed E-state index contributed by atoms with van der Waals surface area (Å²) in [6.45, 7) is 1.84. The molecule has 0 saturated heterocycles. The molecule has 1 aromatic heterocycles. The van der Waals surface area contributed by atoms with Crippen molar-refractivity contribution in [3.63, 3.8) is 0 Å². The molecule has 0 fully saturated rings. The number of ketones is 2. The molecule has 1 aliphatic rings. The van der Waals surface area contributed by atoms with Gasteiger partial charge in [0.05, 0.1) is 18.2 Å². The molecule has 4 aromatic rings. The first-order chi connectivity index (χ1) is 15.0. The molecular weight excluding hydrogens is 392 g/mol. The first-order valence-electron chi connectivity index (χ1n) is 9.79. The van der Waals surface area contributed by atoms with Crippen LogP contribution in [0.2, 0.25) is 0 Å². The molecule has 0 spiro atoms. The van der Waals surface area contributed by atoms with E-state index in [1.165, 1.54) is 6.07 Å². The van der Waals surface area contributed by atoms with Gasteiger partial charge in [0.1, 0.15) is 17.3 Å². The van der Waals surface area contributed by atoms with Crippen molar-refractivity contribution in [2.45, 2.75) is 6.92 Å². The molecule has 0 bridgehead atoms. The van der Waals surface area contributed by atoms with Gasteiger partial charge in [0.2, 0.25) is 5.78 Å². The number of aromatic hydroxyl groups is 1. The molecule has 0 aliphatic heterocycles. The van der Waals surface area contributed by atoms with Crippen molar-refractivity contribution in [3.8, 4) is 33.9 Å². The molecule has 5 nitrogen and oxygen atoms in total. The van der Waals surface area contributed by atoms with Crippen LogP contribution in [0.4, 0.5) is 0 Å². The zero-order valence-corrected chi connectivity index (χ0v) is 16.9. The van der Waals surface area contributed by atoms with E-state index in [-0.39, 0.29) is 22.9 Å². The summed E-state index contributed by atoms with van der Waals surface area (Å²) < 4.78 is 11.3. The molecule has 31 heavy (non-hydrogen) atoms. The Hall–Kier alpha value is -4.12. The van der Waals surface area contributed by atoms with Crippen molar-refractivity contribution < 1.29 is 23.8 Å². The summed E-state index contributed by atoms with van der Waals surface area (Å²) in [5.74, 6) is 0.252. The summed E-state index contributed by atoms with van der Waals surface area (Å²) in [5.41, 5.74) is 3.60. The lowest BCUT2D eigenvalue weighted by atomic mass is 9.94. The molecule has 0 radical (unpaired) electrons. The van der Waals surface area contributed by atoms with Gasteiger partial charge in [-0.25, -0.2) is 0 Å². The maximum absolute atomic E-state index is 13.5. The van der Waals surface area contributed by atoms with Gasteiger partial charge in [0.25, 0.3) is 0 Å². The van der Waals surface area contributed by atoms with Gasteiger partial charge in [-0.15, -0.1) is 0 Å². The van der Waals surface area contributed by atoms with Crippen LogP contribution >= 0.6 is 0 Å². The fourth-order valence-corrected chi connectivity index (χ4v) is 4.00. The Morgan fingerprint density at radius 1 is 0.935 bits per heavy atom. The third-order valence-corrected chi connectivity index (χ3v) is 5.53. The Morgan fingerprint density at radius 3 is 2.35 bits per heavy atom. The van der Waals surface area contributed by atoms with Gasteiger partial charge in [0, 0.05) is 16.7 Å². The van der Waals surface area contributed by atoms with Crippen molar-refractivity contribution >= 4 is 11.6 Å². The van der Waals surface area contributed by atoms with Crippen LogP contribution in [-0.4, -0.2) is 23.8 Å². The number of phenols is 1. The van der Waals surface area contributed by atoms with Crippen LogP contribution < -0.4 is 4.74 Å². The topological polar surface area (TPSA) is 76.7 Å². The molecule has 5 heteroatoms. The van der Waals surface area contributed by atoms with E-state index in [0.717, 1.165) is 5.56 Å². The van der Waals surface area contributed by atoms with Crippen molar-refractivity contribution in [3.05, 3.63) is 94.7 Å². The van der Waals surface area contributed by atoms with Gasteiger partial charge in [-0.1, -0.05) is 48.0 Å². The minimum atomic E-state index is -0.480. The van der Waals surface area contributed by atoms with E-state index in [0.29, 0.717) is 39.3 Å². The van der Waals surface area contributed by atoms with Gasteiger partial charge in [-0.2, -0.15) is 0 Å². The monoisotopic (exact) mass is 410 g/mol. The second-order valence-corrected chi connectivity index (χ2v) is 7.46. The highest BCUT2D eigenvalue weighted by Gasteiger charge is 2.38. The first kappa shape index (κ1) is 18.9. The summed E-state index contributed by atoms with van der Waals surface area (Å²) in [6.07, 6.45) is 0. The zero-order chi connectivity index (χ0) is 21.7. The summed E-state index contributed by atoms with van der Waals surface area (Å²) in [6, 6.07) is 19.1. The van der Waals surface area contributed by atoms with Crippen LogP contribution in [0.25, 0.3) is 22.5 Å². The van der Waals surface area contributed by atoms with Crippen LogP contribution in [0.15, 0.2) is 71.1 Å². The van der Waals surface area contributed by atoms with Gasteiger partial charge in [-0.3, -0.25) is 9.59 Å². The minimum Gasteiger partial charge on any atom is -0.507 e. The smallest absolute Gasteiger partial charge is 0.232 e. The molecule has 1 aliphatic carbocycles. The van der Waals surface area contributed by atoms with E-state index in [1.807, 2.05) is 13.0 Å². The number of aryl methyl sites for hydroxylation is 1. The van der Waals surface area contributed by atoms with Crippen LogP contribution in [0.1, 0.15) is 37.6 Å². The number of carbonyl (C=O) groups is 2. The number of rotatable bonds is 4. The average Bonchev–Trinajstić information content (AvgIpc) is 3.31. The quantitative estimate of drug-likeness (QED) is 0.401. The van der Waals surface area contributed by atoms with E-state index < -0.39 is 5.78 Å². The van der Waals surface area contributed by atoms with Gasteiger partial charge < -0.3 is 14.3 Å². The highest BCUT2D eigenvalue weighted by atomic mass is 16.5. The number of furan rings is 1. The van der Waals surface area contributed by atoms with E-state index in [2.05, 4.69) is 0 Å². The number of ether oxygens (including phenoxy) is 1. The van der Waals surface area contributed by atoms with Crippen LogP contribution in [0.5, 0.6) is 11.5 Å². The highest BCUT2D eigenvalue weighted by molar-refractivity contribution is 6.27. The molecule has 5 rings (SSSR count). The Bertz CT molecular complexity index is 1360. The van der Waals surface area contributed by atoms with E-state index in [1.54, 1.807) is 61.7 Å². The number of fused-ring (bicyclic) bond motifs is 3. The molecule has 3 aromatic carbocycles. The second-order valence-electron chi connectivity index (χ2n) is 7.46. The number of carbonyl (C=O) groups excluding carboxylic acids is 2. The maximum atomic E-state index is 13.5. The van der Waals surface area contributed by atoms with Gasteiger partial charge in [-0.05, 0) is 36.8 Å². The van der Waals surface area contributed by atoms with Gasteiger partial charge in [0.15, 0.2) is 11.5 Å². The van der Waals surface area contributed by atoms with Crippen LogP contribution in [0, 0.1) is 6.92 Å². The standard InChI is InChI=1S/C26H18O5/c1-14-7-12-20(27)19(13-14)24(29)26-21(15-8-10-16(30-2)11-9-15)22-23(28)17-5-3-4-6-18(17)25(22)31-26/h3-13,27H,1-2H3. The molecule has 0 saturated carbocycles. The summed E-state index contributed by atoms with van der Waals surface area (Å²) in [4.78, 5) is 26.7. The summed E-state index contributed by atoms with van der Waals surface area (Å²) in [5, 5.41) is 10.3. The number of benzene rings is 3. The van der Waals surface area contributed by atoms with E-state index in [4.69, 9.17) is 9.15 Å². The van der Waals surface area contributed by atoms with E-state index in [9.17, 15) is 14.7 Å². The Kier molecular flexibility index (Phi) is 4.26. The van der Waals surface area contributed by atoms with Crippen molar-refractivity contribution in [1.82, 2.24) is 0 Å². The third kappa shape index (κ3) is 2.86. The predicted molar refractivity (Wildman–Crippen MR) is 116 cm³/mol. The Labute approximate surface area is 178 Å². The fourth-order valence-electron chi connectivity index (χ4n) is 4.00. The van der Waals surface area contributed by atoms with Gasteiger partial charge >= 0.3 is 0 Å². The molecule has 152 valence electrons. The normalized spacial score (nSPS) is 11.9. The zero-order valence-electron chi connectivity index (χ0n) is 16.9. The predicted octanol–water partition coefficient (Wildman–Crippen LogP) is 5.41. The Morgan fingerprint density at radius 2 is 1.65 bits per heavy atom. The van der Waals surface area contributed by atoms with Crippen molar-refractivity contribution in [2.24, 2.45) is 0 Å². The second kappa shape index (κ2) is 6.99.